The number of carbonyl (C=O) groups excluding carboxylic acids is 1. The highest BCUT2D eigenvalue weighted by molar-refractivity contribution is 5.94. The number of hydrogen-bond acceptors (Lipinski definition) is 3. The predicted octanol–water partition coefficient (Wildman–Crippen LogP) is 1.13. The van der Waals surface area contributed by atoms with Crippen LogP contribution in [0.1, 0.15) is 23.2 Å². The second-order valence-electron chi connectivity index (χ2n) is 3.73. The van der Waals surface area contributed by atoms with Gasteiger partial charge in [0, 0.05) is 37.1 Å². The molecule has 1 aromatic rings. The number of aromatic nitrogens is 1. The van der Waals surface area contributed by atoms with E-state index in [0.29, 0.717) is 18.8 Å². The lowest BCUT2D eigenvalue weighted by Crippen LogP contribution is -2.38. The molecule has 0 unspecified atom stereocenters. The van der Waals surface area contributed by atoms with Gasteiger partial charge in [-0.25, -0.2) is 4.98 Å². The van der Waals surface area contributed by atoms with Gasteiger partial charge in [-0.2, -0.15) is 4.39 Å². The monoisotopic (exact) mass is 224 g/mol. The summed E-state index contributed by atoms with van der Waals surface area (Å²) < 4.78 is 18.0. The van der Waals surface area contributed by atoms with E-state index in [1.807, 2.05) is 0 Å². The SMILES string of the molecule is O=C(NC1CCOCC1)c1ccnc(F)c1. The van der Waals surface area contributed by atoms with Crippen molar-refractivity contribution in [3.8, 4) is 0 Å². The van der Waals surface area contributed by atoms with Crippen LogP contribution in [0.3, 0.4) is 0 Å². The van der Waals surface area contributed by atoms with E-state index in [0.717, 1.165) is 18.9 Å². The van der Waals surface area contributed by atoms with Crippen LogP contribution in [-0.2, 0) is 4.74 Å². The highest BCUT2D eigenvalue weighted by Gasteiger charge is 2.17. The number of halogens is 1. The summed E-state index contributed by atoms with van der Waals surface area (Å²) in [7, 11) is 0. The molecule has 0 atom stereocenters. The summed E-state index contributed by atoms with van der Waals surface area (Å²) in [5.74, 6) is -0.896. The number of nitrogens with zero attached hydrogens (tertiary/aromatic N) is 1. The Hall–Kier alpha value is -1.49. The van der Waals surface area contributed by atoms with E-state index < -0.39 is 5.95 Å². The highest BCUT2D eigenvalue weighted by Crippen LogP contribution is 2.08. The molecule has 1 fully saturated rings. The second-order valence-corrected chi connectivity index (χ2v) is 3.73. The van der Waals surface area contributed by atoms with Crippen molar-refractivity contribution in [2.45, 2.75) is 18.9 Å². The summed E-state index contributed by atoms with van der Waals surface area (Å²) >= 11 is 0. The minimum Gasteiger partial charge on any atom is -0.381 e. The van der Waals surface area contributed by atoms with Crippen molar-refractivity contribution in [2.24, 2.45) is 0 Å². The third kappa shape index (κ3) is 2.76. The predicted molar refractivity (Wildman–Crippen MR) is 55.5 cm³/mol. The first-order valence-corrected chi connectivity index (χ1v) is 5.26. The lowest BCUT2D eigenvalue weighted by molar-refractivity contribution is 0.0696. The summed E-state index contributed by atoms with van der Waals surface area (Å²) in [6.07, 6.45) is 2.90. The van der Waals surface area contributed by atoms with E-state index in [4.69, 9.17) is 4.74 Å². The van der Waals surface area contributed by atoms with Crippen LogP contribution in [-0.4, -0.2) is 30.1 Å². The first kappa shape index (κ1) is 11.0. The third-order valence-electron chi connectivity index (χ3n) is 2.55. The molecule has 1 amide bonds. The molecular formula is C11H13FN2O2. The minimum absolute atomic E-state index is 0.123. The molecule has 16 heavy (non-hydrogen) atoms. The van der Waals surface area contributed by atoms with Gasteiger partial charge in [-0.1, -0.05) is 0 Å². The van der Waals surface area contributed by atoms with Crippen LogP contribution in [0.15, 0.2) is 18.3 Å². The molecule has 1 aliphatic heterocycles. The van der Waals surface area contributed by atoms with Gasteiger partial charge in [0.25, 0.3) is 5.91 Å². The Morgan fingerprint density at radius 2 is 2.25 bits per heavy atom. The van der Waals surface area contributed by atoms with E-state index in [9.17, 15) is 9.18 Å². The van der Waals surface area contributed by atoms with E-state index >= 15 is 0 Å². The van der Waals surface area contributed by atoms with Crippen LogP contribution >= 0.6 is 0 Å². The van der Waals surface area contributed by atoms with Crippen molar-refractivity contribution in [2.75, 3.05) is 13.2 Å². The largest absolute Gasteiger partial charge is 0.381 e. The van der Waals surface area contributed by atoms with Gasteiger partial charge in [0.15, 0.2) is 0 Å². The Balaban J connectivity index is 1.97. The Bertz CT molecular complexity index is 378. The molecule has 1 aromatic heterocycles. The molecule has 86 valence electrons. The minimum atomic E-state index is -0.639. The lowest BCUT2D eigenvalue weighted by atomic mass is 10.1. The maximum Gasteiger partial charge on any atom is 0.251 e. The van der Waals surface area contributed by atoms with E-state index in [1.165, 1.54) is 12.3 Å². The summed E-state index contributed by atoms with van der Waals surface area (Å²) in [4.78, 5) is 15.1. The summed E-state index contributed by atoms with van der Waals surface area (Å²) in [5.41, 5.74) is 0.305. The number of pyridine rings is 1. The quantitative estimate of drug-likeness (QED) is 0.766. The molecule has 1 aliphatic rings. The van der Waals surface area contributed by atoms with Crippen molar-refractivity contribution < 1.29 is 13.9 Å². The molecule has 0 bridgehead atoms. The number of hydrogen-bond donors (Lipinski definition) is 1. The van der Waals surface area contributed by atoms with Gasteiger partial charge in [0.1, 0.15) is 0 Å². The molecule has 0 aromatic carbocycles. The van der Waals surface area contributed by atoms with Crippen LogP contribution < -0.4 is 5.32 Å². The van der Waals surface area contributed by atoms with Gasteiger partial charge in [-0.15, -0.1) is 0 Å². The zero-order valence-corrected chi connectivity index (χ0v) is 8.78. The highest BCUT2D eigenvalue weighted by atomic mass is 19.1. The molecule has 0 saturated carbocycles. The average molecular weight is 224 g/mol. The number of rotatable bonds is 2. The molecule has 5 heteroatoms. The topological polar surface area (TPSA) is 51.2 Å². The normalized spacial score (nSPS) is 17.1. The Kier molecular flexibility index (Phi) is 3.46. The smallest absolute Gasteiger partial charge is 0.251 e. The third-order valence-corrected chi connectivity index (χ3v) is 2.55. The zero-order valence-electron chi connectivity index (χ0n) is 8.78. The molecule has 0 aliphatic carbocycles. The van der Waals surface area contributed by atoms with Gasteiger partial charge in [0.2, 0.25) is 5.95 Å². The fourth-order valence-electron chi connectivity index (χ4n) is 1.65. The maximum atomic E-state index is 12.8. The van der Waals surface area contributed by atoms with Crippen LogP contribution in [0.4, 0.5) is 4.39 Å². The fraction of sp³-hybridized carbons (Fsp3) is 0.455. The standard InChI is InChI=1S/C11H13FN2O2/c12-10-7-8(1-4-13-10)11(15)14-9-2-5-16-6-3-9/h1,4,7,9H,2-3,5-6H2,(H,14,15). The van der Waals surface area contributed by atoms with Crippen molar-refractivity contribution >= 4 is 5.91 Å². The van der Waals surface area contributed by atoms with Crippen LogP contribution in [0.25, 0.3) is 0 Å². The van der Waals surface area contributed by atoms with Crippen molar-refractivity contribution in [3.05, 3.63) is 29.8 Å². The average Bonchev–Trinajstić information content (AvgIpc) is 2.30. The summed E-state index contributed by atoms with van der Waals surface area (Å²) in [6.45, 7) is 1.32. The number of ether oxygens (including phenoxy) is 1. The van der Waals surface area contributed by atoms with Crippen molar-refractivity contribution in [3.63, 3.8) is 0 Å². The van der Waals surface area contributed by atoms with E-state index in [-0.39, 0.29) is 11.9 Å². The van der Waals surface area contributed by atoms with Gasteiger partial charge >= 0.3 is 0 Å². The molecule has 0 spiro atoms. The maximum absolute atomic E-state index is 12.8. The number of nitrogens with one attached hydrogen (secondary N) is 1. The Labute approximate surface area is 92.8 Å². The van der Waals surface area contributed by atoms with E-state index in [2.05, 4.69) is 10.3 Å². The number of carbonyl (C=O) groups is 1. The van der Waals surface area contributed by atoms with Crippen molar-refractivity contribution in [1.29, 1.82) is 0 Å². The summed E-state index contributed by atoms with van der Waals surface area (Å²) in [5, 5.41) is 2.85. The lowest BCUT2D eigenvalue weighted by Gasteiger charge is -2.23. The first-order valence-electron chi connectivity index (χ1n) is 5.26. The van der Waals surface area contributed by atoms with Gasteiger partial charge in [0.05, 0.1) is 0 Å². The first-order chi connectivity index (χ1) is 7.75. The van der Waals surface area contributed by atoms with Crippen LogP contribution in [0.5, 0.6) is 0 Å². The fourth-order valence-corrected chi connectivity index (χ4v) is 1.65. The number of amides is 1. The molecule has 1 saturated heterocycles. The second kappa shape index (κ2) is 5.03. The van der Waals surface area contributed by atoms with Gasteiger partial charge in [-0.05, 0) is 18.9 Å². The Morgan fingerprint density at radius 3 is 2.94 bits per heavy atom. The molecule has 2 heterocycles. The summed E-state index contributed by atoms with van der Waals surface area (Å²) in [6, 6.07) is 2.75. The molecule has 1 N–H and O–H groups in total. The van der Waals surface area contributed by atoms with Crippen LogP contribution in [0.2, 0.25) is 0 Å². The molecule has 2 rings (SSSR count). The van der Waals surface area contributed by atoms with Gasteiger partial charge < -0.3 is 10.1 Å². The molecular weight excluding hydrogens is 211 g/mol. The molecule has 0 radical (unpaired) electrons. The van der Waals surface area contributed by atoms with Crippen LogP contribution in [0, 0.1) is 5.95 Å². The molecule has 4 nitrogen and oxygen atoms in total. The zero-order chi connectivity index (χ0) is 11.4. The van der Waals surface area contributed by atoms with Gasteiger partial charge in [-0.3, -0.25) is 4.79 Å². The van der Waals surface area contributed by atoms with Crippen molar-refractivity contribution in [1.82, 2.24) is 10.3 Å². The Morgan fingerprint density at radius 1 is 1.50 bits per heavy atom. The van der Waals surface area contributed by atoms with E-state index in [1.54, 1.807) is 0 Å².